The molecule has 1 N–H and O–H groups in total. The number of benzene rings is 1. The van der Waals surface area contributed by atoms with E-state index in [0.29, 0.717) is 16.6 Å². The van der Waals surface area contributed by atoms with Crippen LogP contribution >= 0.6 is 11.6 Å². The fourth-order valence-corrected chi connectivity index (χ4v) is 2.39. The highest BCUT2D eigenvalue weighted by Gasteiger charge is 2.31. The monoisotopic (exact) mass is 293 g/mol. The van der Waals surface area contributed by atoms with E-state index in [1.807, 2.05) is 0 Å². The first-order valence-corrected chi connectivity index (χ1v) is 6.73. The van der Waals surface area contributed by atoms with Gasteiger partial charge in [0.15, 0.2) is 5.69 Å². The minimum absolute atomic E-state index is 0.209. The molecule has 1 saturated carbocycles. The van der Waals surface area contributed by atoms with Crippen molar-refractivity contribution in [2.24, 2.45) is 0 Å². The van der Waals surface area contributed by atoms with Gasteiger partial charge in [-0.15, -0.1) is 0 Å². The quantitative estimate of drug-likeness (QED) is 0.943. The van der Waals surface area contributed by atoms with Crippen LogP contribution in [0.2, 0.25) is 5.02 Å². The zero-order chi connectivity index (χ0) is 14.3. The molecule has 0 radical (unpaired) electrons. The Labute approximate surface area is 120 Å². The molecule has 0 saturated heterocycles. The van der Waals surface area contributed by atoms with Crippen LogP contribution in [0.25, 0.3) is 0 Å². The molecule has 6 heteroatoms. The Morgan fingerprint density at radius 3 is 2.65 bits per heavy atom. The minimum Gasteiger partial charge on any atom is -0.310 e. The predicted octanol–water partition coefficient (Wildman–Crippen LogP) is 3.36. The Morgan fingerprint density at radius 1 is 1.40 bits per heavy atom. The van der Waals surface area contributed by atoms with Crippen molar-refractivity contribution >= 4 is 23.2 Å². The van der Waals surface area contributed by atoms with Gasteiger partial charge in [0.1, 0.15) is 5.82 Å². The third-order valence-electron chi connectivity index (χ3n) is 3.44. The van der Waals surface area contributed by atoms with E-state index in [9.17, 15) is 9.18 Å². The number of rotatable bonds is 3. The average Bonchev–Trinajstić information content (AvgIpc) is 3.21. The first-order chi connectivity index (χ1) is 9.58. The highest BCUT2D eigenvalue weighted by Crippen LogP contribution is 2.43. The first kappa shape index (κ1) is 13.1. The normalized spacial score (nSPS) is 14.3. The van der Waals surface area contributed by atoms with E-state index >= 15 is 0 Å². The highest BCUT2D eigenvalue weighted by atomic mass is 35.5. The number of H-pyrrole nitrogens is 1. The van der Waals surface area contributed by atoms with Gasteiger partial charge in [-0.1, -0.05) is 11.6 Å². The molecule has 2 aromatic rings. The molecule has 3 rings (SSSR count). The molecule has 104 valence electrons. The number of nitrogens with zero attached hydrogens (tertiary/aromatic N) is 2. The number of hydrogen-bond acceptors (Lipinski definition) is 2. The summed E-state index contributed by atoms with van der Waals surface area (Å²) >= 11 is 6.21. The predicted molar refractivity (Wildman–Crippen MR) is 74.7 cm³/mol. The molecule has 0 aliphatic heterocycles. The maximum atomic E-state index is 12.9. The van der Waals surface area contributed by atoms with Gasteiger partial charge in [0.05, 0.1) is 10.7 Å². The highest BCUT2D eigenvalue weighted by molar-refractivity contribution is 6.35. The van der Waals surface area contributed by atoms with Gasteiger partial charge in [0, 0.05) is 18.7 Å². The molecule has 0 spiro atoms. The van der Waals surface area contributed by atoms with Gasteiger partial charge in [-0.25, -0.2) is 4.39 Å². The molecule has 0 unspecified atom stereocenters. The number of aromatic nitrogens is 2. The summed E-state index contributed by atoms with van der Waals surface area (Å²) < 4.78 is 12.9. The number of aromatic amines is 1. The van der Waals surface area contributed by atoms with Crippen molar-refractivity contribution in [1.82, 2.24) is 10.2 Å². The molecule has 0 atom stereocenters. The topological polar surface area (TPSA) is 49.0 Å². The van der Waals surface area contributed by atoms with Gasteiger partial charge in [0.2, 0.25) is 0 Å². The molecule has 1 aliphatic carbocycles. The number of amides is 1. The molecule has 1 aliphatic rings. The Balaban J connectivity index is 1.86. The lowest BCUT2D eigenvalue weighted by atomic mass is 10.2. The summed E-state index contributed by atoms with van der Waals surface area (Å²) in [6.45, 7) is 0. The number of carbonyl (C=O) groups is 1. The van der Waals surface area contributed by atoms with E-state index in [0.717, 1.165) is 18.5 Å². The van der Waals surface area contributed by atoms with Crippen LogP contribution in [0.15, 0.2) is 24.3 Å². The van der Waals surface area contributed by atoms with Crippen molar-refractivity contribution in [3.8, 4) is 0 Å². The van der Waals surface area contributed by atoms with Gasteiger partial charge >= 0.3 is 0 Å². The van der Waals surface area contributed by atoms with Crippen LogP contribution in [0.4, 0.5) is 10.1 Å². The van der Waals surface area contributed by atoms with Crippen molar-refractivity contribution in [2.75, 3.05) is 11.9 Å². The first-order valence-electron chi connectivity index (χ1n) is 6.35. The van der Waals surface area contributed by atoms with Crippen molar-refractivity contribution in [3.63, 3.8) is 0 Å². The maximum Gasteiger partial charge on any atom is 0.280 e. The summed E-state index contributed by atoms with van der Waals surface area (Å²) in [5.74, 6) is -0.263. The van der Waals surface area contributed by atoms with E-state index in [1.54, 1.807) is 7.05 Å². The van der Waals surface area contributed by atoms with Crippen molar-refractivity contribution in [3.05, 3.63) is 46.5 Å². The van der Waals surface area contributed by atoms with Crippen molar-refractivity contribution in [2.45, 2.75) is 18.8 Å². The van der Waals surface area contributed by atoms with Crippen molar-refractivity contribution in [1.29, 1.82) is 0 Å². The standard InChI is InChI=1S/C14H13ClFN3O/c1-19(10-6-4-9(16)5-7-10)14(20)13-11(15)12(17-18-13)8-2-3-8/h4-8H,2-3H2,1H3,(H,17,18). The third kappa shape index (κ3) is 2.29. The fraction of sp³-hybridized carbons (Fsp3) is 0.286. The third-order valence-corrected chi connectivity index (χ3v) is 3.82. The summed E-state index contributed by atoms with van der Waals surface area (Å²) in [4.78, 5) is 13.8. The molecule has 1 fully saturated rings. The van der Waals surface area contributed by atoms with Gasteiger partial charge in [-0.3, -0.25) is 9.89 Å². The smallest absolute Gasteiger partial charge is 0.280 e. The Kier molecular flexibility index (Phi) is 3.22. The van der Waals surface area contributed by atoms with Crippen LogP contribution < -0.4 is 4.90 Å². The van der Waals surface area contributed by atoms with Crippen LogP contribution in [0, 0.1) is 5.82 Å². The van der Waals surface area contributed by atoms with Gasteiger partial charge < -0.3 is 4.90 Å². The molecule has 0 bridgehead atoms. The summed E-state index contributed by atoms with van der Waals surface area (Å²) in [5.41, 5.74) is 1.63. The summed E-state index contributed by atoms with van der Waals surface area (Å²) in [5, 5.41) is 7.26. The summed E-state index contributed by atoms with van der Waals surface area (Å²) in [7, 11) is 1.61. The molecule has 1 amide bonds. The minimum atomic E-state index is -0.344. The second-order valence-corrected chi connectivity index (χ2v) is 5.29. The van der Waals surface area contributed by atoms with Crippen LogP contribution in [0.5, 0.6) is 0 Å². The van der Waals surface area contributed by atoms with Crippen LogP contribution in [-0.4, -0.2) is 23.2 Å². The fourth-order valence-electron chi connectivity index (χ4n) is 2.07. The van der Waals surface area contributed by atoms with Gasteiger partial charge in [0.25, 0.3) is 5.91 Å². The second kappa shape index (κ2) is 4.90. The summed E-state index contributed by atoms with van der Waals surface area (Å²) in [6, 6.07) is 5.69. The number of halogens is 2. The average molecular weight is 294 g/mol. The largest absolute Gasteiger partial charge is 0.310 e. The molecule has 20 heavy (non-hydrogen) atoms. The molecular weight excluding hydrogens is 281 g/mol. The van der Waals surface area contributed by atoms with Crippen LogP contribution in [-0.2, 0) is 0 Å². The zero-order valence-electron chi connectivity index (χ0n) is 10.9. The summed E-state index contributed by atoms with van der Waals surface area (Å²) in [6.07, 6.45) is 2.15. The number of hydrogen-bond donors (Lipinski definition) is 1. The lowest BCUT2D eigenvalue weighted by Crippen LogP contribution is -2.26. The number of carbonyl (C=O) groups excluding carboxylic acids is 1. The second-order valence-electron chi connectivity index (χ2n) is 4.91. The number of nitrogens with one attached hydrogen (secondary N) is 1. The van der Waals surface area contributed by atoms with E-state index in [-0.39, 0.29) is 17.4 Å². The lowest BCUT2D eigenvalue weighted by molar-refractivity contribution is 0.0988. The zero-order valence-corrected chi connectivity index (χ0v) is 11.6. The molecule has 1 aromatic carbocycles. The lowest BCUT2D eigenvalue weighted by Gasteiger charge is -2.16. The van der Waals surface area contributed by atoms with E-state index in [4.69, 9.17) is 11.6 Å². The van der Waals surface area contributed by atoms with Crippen LogP contribution in [0.3, 0.4) is 0 Å². The van der Waals surface area contributed by atoms with Crippen molar-refractivity contribution < 1.29 is 9.18 Å². The SMILES string of the molecule is CN(C(=O)c1n[nH]c(C2CC2)c1Cl)c1ccc(F)cc1. The maximum absolute atomic E-state index is 12.9. The molecule has 1 heterocycles. The van der Waals surface area contributed by atoms with E-state index < -0.39 is 0 Å². The molecular formula is C14H13ClFN3O. The Morgan fingerprint density at radius 2 is 2.05 bits per heavy atom. The van der Waals surface area contributed by atoms with Gasteiger partial charge in [-0.2, -0.15) is 5.10 Å². The molecule has 4 nitrogen and oxygen atoms in total. The van der Waals surface area contributed by atoms with Crippen LogP contribution in [0.1, 0.15) is 34.9 Å². The Bertz CT molecular complexity index is 649. The number of anilines is 1. The van der Waals surface area contributed by atoms with E-state index in [1.165, 1.54) is 29.2 Å². The Hall–Kier alpha value is -1.88. The molecule has 1 aromatic heterocycles. The van der Waals surface area contributed by atoms with Gasteiger partial charge in [-0.05, 0) is 37.1 Å². The van der Waals surface area contributed by atoms with E-state index in [2.05, 4.69) is 10.2 Å².